The van der Waals surface area contributed by atoms with Crippen LogP contribution in [0, 0.1) is 0 Å². The molecule has 0 saturated carbocycles. The summed E-state index contributed by atoms with van der Waals surface area (Å²) < 4.78 is 22.2. The fraction of sp³-hybridized carbons (Fsp3) is 0.846. The summed E-state index contributed by atoms with van der Waals surface area (Å²) in [5.74, 6) is 0.0595. The van der Waals surface area contributed by atoms with Crippen LogP contribution in [0.3, 0.4) is 0 Å². The van der Waals surface area contributed by atoms with E-state index in [0.29, 0.717) is 11.5 Å². The van der Waals surface area contributed by atoms with Crippen molar-refractivity contribution in [2.45, 2.75) is 117 Å². The molecule has 0 spiro atoms. The summed E-state index contributed by atoms with van der Waals surface area (Å²) in [7, 11) is 0. The first-order valence-electron chi connectivity index (χ1n) is 13.0. The van der Waals surface area contributed by atoms with Gasteiger partial charge < -0.3 is 18.9 Å². The first kappa shape index (κ1) is 34.6. The van der Waals surface area contributed by atoms with Crippen LogP contribution < -0.4 is 0 Å². The Morgan fingerprint density at radius 2 is 0.889 bits per heavy atom. The number of hydrogen-bond acceptors (Lipinski definition) is 10. The van der Waals surface area contributed by atoms with Crippen molar-refractivity contribution in [3.8, 4) is 0 Å². The number of ether oxygens (including phenoxy) is 4. The van der Waals surface area contributed by atoms with E-state index in [4.69, 9.17) is 18.9 Å². The zero-order chi connectivity index (χ0) is 27.3. The lowest BCUT2D eigenvalue weighted by Gasteiger charge is -2.35. The van der Waals surface area contributed by atoms with E-state index in [-0.39, 0.29) is 0 Å². The number of carbonyl (C=O) groups is 4. The molecule has 10 heteroatoms. The van der Waals surface area contributed by atoms with Crippen LogP contribution in [0.2, 0.25) is 0 Å². The Balaban J connectivity index is 5.69. The molecule has 4 atom stereocenters. The quantitative estimate of drug-likeness (QED) is 0.106. The fourth-order valence-electron chi connectivity index (χ4n) is 3.54. The van der Waals surface area contributed by atoms with Crippen molar-refractivity contribution in [2.24, 2.45) is 0 Å². The molecule has 0 heterocycles. The summed E-state index contributed by atoms with van der Waals surface area (Å²) in [4.78, 5) is 47.9. The lowest BCUT2D eigenvalue weighted by Crippen LogP contribution is -2.53. The molecule has 0 aliphatic rings. The zero-order valence-corrected chi connectivity index (χ0v) is 24.5. The normalized spacial score (nSPS) is 14.3. The van der Waals surface area contributed by atoms with Crippen LogP contribution in [0.25, 0.3) is 0 Å². The van der Waals surface area contributed by atoms with Gasteiger partial charge in [-0.2, -0.15) is 23.5 Å². The Kier molecular flexibility index (Phi) is 20.8. The van der Waals surface area contributed by atoms with Crippen LogP contribution in [0.15, 0.2) is 0 Å². The fourth-order valence-corrected chi connectivity index (χ4v) is 5.75. The summed E-state index contributed by atoms with van der Waals surface area (Å²) >= 11 is 3.14. The van der Waals surface area contributed by atoms with Crippen LogP contribution in [0.5, 0.6) is 0 Å². The van der Waals surface area contributed by atoms with Gasteiger partial charge in [-0.05, 0) is 24.3 Å². The minimum atomic E-state index is -1.12. The van der Waals surface area contributed by atoms with Crippen molar-refractivity contribution in [3.63, 3.8) is 0 Å². The lowest BCUT2D eigenvalue weighted by atomic mass is 10.0. The molecule has 0 fully saturated rings. The van der Waals surface area contributed by atoms with Gasteiger partial charge >= 0.3 is 23.9 Å². The highest BCUT2D eigenvalue weighted by Crippen LogP contribution is 2.25. The molecule has 0 rings (SSSR count). The average molecular weight is 551 g/mol. The second-order valence-electron chi connectivity index (χ2n) is 8.72. The molecule has 0 bridgehead atoms. The van der Waals surface area contributed by atoms with E-state index in [2.05, 4.69) is 13.8 Å². The van der Waals surface area contributed by atoms with Gasteiger partial charge in [-0.1, -0.05) is 52.4 Å². The van der Waals surface area contributed by atoms with Crippen LogP contribution in [0.1, 0.15) is 92.9 Å². The number of thioether (sulfide) groups is 2. The van der Waals surface area contributed by atoms with Crippen molar-refractivity contribution in [1.82, 2.24) is 0 Å². The van der Waals surface area contributed by atoms with Crippen molar-refractivity contribution in [3.05, 3.63) is 0 Å². The van der Waals surface area contributed by atoms with Gasteiger partial charge in [-0.25, -0.2) is 0 Å². The smallest absolute Gasteiger partial charge is 0.303 e. The van der Waals surface area contributed by atoms with Gasteiger partial charge in [0.1, 0.15) is 0 Å². The largest absolute Gasteiger partial charge is 0.458 e. The van der Waals surface area contributed by atoms with E-state index < -0.39 is 48.3 Å². The average Bonchev–Trinajstić information content (AvgIpc) is 2.78. The predicted molar refractivity (Wildman–Crippen MR) is 145 cm³/mol. The Labute approximate surface area is 225 Å². The summed E-state index contributed by atoms with van der Waals surface area (Å²) in [6, 6.07) is 0. The van der Waals surface area contributed by atoms with Crippen LogP contribution in [0.4, 0.5) is 0 Å². The van der Waals surface area contributed by atoms with E-state index in [1.165, 1.54) is 53.4 Å². The number of carbonyl (C=O) groups excluding carboxylic acids is 4. The summed E-state index contributed by atoms with van der Waals surface area (Å²) in [6.07, 6.45) is 5.00. The first-order chi connectivity index (χ1) is 17.1. The molecular weight excluding hydrogens is 504 g/mol. The third-order valence-corrected chi connectivity index (χ3v) is 7.43. The monoisotopic (exact) mass is 550 g/mol. The molecule has 0 saturated heterocycles. The van der Waals surface area contributed by atoms with E-state index >= 15 is 0 Å². The summed E-state index contributed by atoms with van der Waals surface area (Å²) in [6.45, 7) is 9.29. The highest BCUT2D eigenvalue weighted by molar-refractivity contribution is 7.99. The maximum Gasteiger partial charge on any atom is 0.303 e. The van der Waals surface area contributed by atoms with Crippen LogP contribution in [-0.4, -0.2) is 71.3 Å². The van der Waals surface area contributed by atoms with Gasteiger partial charge in [0.15, 0.2) is 24.4 Å². The maximum absolute atomic E-state index is 12.1. The molecular formula is C26H46O8S2. The van der Waals surface area contributed by atoms with Gasteiger partial charge in [0.2, 0.25) is 0 Å². The number of unbranched alkanes of at least 4 members (excludes halogenated alkanes) is 6. The van der Waals surface area contributed by atoms with Crippen LogP contribution in [-0.2, 0) is 38.1 Å². The number of hydrogen-bond donors (Lipinski definition) is 0. The molecule has 36 heavy (non-hydrogen) atoms. The topological polar surface area (TPSA) is 105 Å². The van der Waals surface area contributed by atoms with Gasteiger partial charge in [0, 0.05) is 39.2 Å². The molecule has 0 unspecified atom stereocenters. The minimum absolute atomic E-state index is 0.340. The predicted octanol–water partition coefficient (Wildman–Crippen LogP) is 5.34. The summed E-state index contributed by atoms with van der Waals surface area (Å²) in [5, 5.41) is 0. The van der Waals surface area contributed by atoms with Crippen molar-refractivity contribution >= 4 is 47.4 Å². The Morgan fingerprint density at radius 3 is 1.28 bits per heavy atom. The molecule has 0 N–H and O–H groups in total. The highest BCUT2D eigenvalue weighted by Gasteiger charge is 2.43. The van der Waals surface area contributed by atoms with Crippen molar-refractivity contribution < 1.29 is 38.1 Å². The Hall–Kier alpha value is -1.42. The van der Waals surface area contributed by atoms with E-state index in [1.807, 2.05) is 0 Å². The lowest BCUT2D eigenvalue weighted by molar-refractivity contribution is -0.194. The number of rotatable bonds is 21. The third kappa shape index (κ3) is 17.9. The molecule has 0 aromatic rings. The van der Waals surface area contributed by atoms with Gasteiger partial charge in [0.05, 0.1) is 0 Å². The van der Waals surface area contributed by atoms with Crippen molar-refractivity contribution in [1.29, 1.82) is 0 Å². The molecule has 8 nitrogen and oxygen atoms in total. The molecule has 210 valence electrons. The molecule has 0 aliphatic heterocycles. The zero-order valence-electron chi connectivity index (χ0n) is 22.9. The van der Waals surface area contributed by atoms with E-state index in [1.54, 1.807) is 23.5 Å². The molecule has 0 amide bonds. The first-order valence-corrected chi connectivity index (χ1v) is 15.3. The molecule has 0 aromatic heterocycles. The minimum Gasteiger partial charge on any atom is -0.458 e. The molecule has 0 aromatic carbocycles. The third-order valence-electron chi connectivity index (χ3n) is 5.14. The van der Waals surface area contributed by atoms with Crippen molar-refractivity contribution in [2.75, 3.05) is 23.0 Å². The number of esters is 4. The van der Waals surface area contributed by atoms with Gasteiger partial charge in [-0.15, -0.1) is 0 Å². The second-order valence-corrected chi connectivity index (χ2v) is 11.0. The summed E-state index contributed by atoms with van der Waals surface area (Å²) in [5.41, 5.74) is 0. The Morgan fingerprint density at radius 1 is 0.528 bits per heavy atom. The SMILES string of the molecule is CCCCCCCCSC[C@@H](OC(C)=O)[C@H](OC(C)=O)[C@@H](OC(C)=O)[C@H](CSCCCC)OC(C)=O. The Bertz CT molecular complexity index is 643. The van der Waals surface area contributed by atoms with Gasteiger partial charge in [-0.3, -0.25) is 19.2 Å². The maximum atomic E-state index is 12.1. The van der Waals surface area contributed by atoms with E-state index in [0.717, 1.165) is 37.2 Å². The standard InChI is InChI=1S/C26H46O8S2/c1-7-9-11-12-13-14-16-36-18-24(32-20(4)28)26(34-22(6)30)25(33-21(5)29)23(31-19(3)27)17-35-15-10-8-2/h23-26H,7-18H2,1-6H3/t23-,24+,25-,26-/m0/s1. The second kappa shape index (κ2) is 21.6. The highest BCUT2D eigenvalue weighted by atomic mass is 32.2. The van der Waals surface area contributed by atoms with E-state index in [9.17, 15) is 19.2 Å². The molecule has 0 aliphatic carbocycles. The van der Waals surface area contributed by atoms with Gasteiger partial charge in [0.25, 0.3) is 0 Å². The van der Waals surface area contributed by atoms with Crippen LogP contribution >= 0.6 is 23.5 Å². The molecule has 0 radical (unpaired) electrons.